The van der Waals surface area contributed by atoms with Gasteiger partial charge in [-0.15, -0.1) is 0 Å². The van der Waals surface area contributed by atoms with E-state index < -0.39 is 17.7 Å². The Morgan fingerprint density at radius 2 is 1.75 bits per heavy atom. The minimum Gasteiger partial charge on any atom is -0.508 e. The number of ether oxygens (including phenoxy) is 1. The molecule has 0 radical (unpaired) electrons. The smallest absolute Gasteiger partial charge is 0.300 e. The average Bonchev–Trinajstić information content (AvgIpc) is 3.09. The van der Waals surface area contributed by atoms with Gasteiger partial charge in [-0.2, -0.15) is 0 Å². The number of anilines is 1. The summed E-state index contributed by atoms with van der Waals surface area (Å²) in [6.07, 6.45) is 0. The van der Waals surface area contributed by atoms with Crippen molar-refractivity contribution in [3.05, 3.63) is 94.0 Å². The molecule has 6 nitrogen and oxygen atoms in total. The lowest BCUT2D eigenvalue weighted by molar-refractivity contribution is -0.132. The SMILES string of the molecule is CCOc1ccc(/C(O)=C2/C(=O)C(=O)N(c3cccc(Cl)c3)C2c2cccc(O)c2)cc1C(C)(C)C. The maximum Gasteiger partial charge on any atom is 0.300 e. The second-order valence-electron chi connectivity index (χ2n) is 9.64. The highest BCUT2D eigenvalue weighted by Gasteiger charge is 2.47. The van der Waals surface area contributed by atoms with Crippen LogP contribution in [0.25, 0.3) is 5.76 Å². The highest BCUT2D eigenvalue weighted by molar-refractivity contribution is 6.51. The summed E-state index contributed by atoms with van der Waals surface area (Å²) in [5.41, 5.74) is 1.73. The molecule has 0 bridgehead atoms. The molecule has 1 atom stereocenters. The third kappa shape index (κ3) is 4.69. The van der Waals surface area contributed by atoms with Crippen LogP contribution >= 0.6 is 11.6 Å². The Morgan fingerprint density at radius 3 is 2.39 bits per heavy atom. The predicted molar refractivity (Wildman–Crippen MR) is 141 cm³/mol. The van der Waals surface area contributed by atoms with E-state index in [0.717, 1.165) is 5.56 Å². The van der Waals surface area contributed by atoms with E-state index in [0.29, 0.717) is 34.2 Å². The van der Waals surface area contributed by atoms with Crippen LogP contribution in [0.5, 0.6) is 11.5 Å². The van der Waals surface area contributed by atoms with E-state index in [1.54, 1.807) is 54.6 Å². The quantitative estimate of drug-likeness (QED) is 0.239. The summed E-state index contributed by atoms with van der Waals surface area (Å²) < 4.78 is 5.78. The van der Waals surface area contributed by atoms with Crippen molar-refractivity contribution in [2.24, 2.45) is 0 Å². The van der Waals surface area contributed by atoms with Crippen molar-refractivity contribution >= 4 is 34.7 Å². The van der Waals surface area contributed by atoms with E-state index in [1.165, 1.54) is 17.0 Å². The monoisotopic (exact) mass is 505 g/mol. The van der Waals surface area contributed by atoms with Gasteiger partial charge in [-0.3, -0.25) is 14.5 Å². The lowest BCUT2D eigenvalue weighted by atomic mass is 9.84. The van der Waals surface area contributed by atoms with E-state index in [1.807, 2.05) is 27.7 Å². The van der Waals surface area contributed by atoms with Crippen LogP contribution in [0.2, 0.25) is 5.02 Å². The number of nitrogens with zero attached hydrogens (tertiary/aromatic N) is 1. The van der Waals surface area contributed by atoms with Gasteiger partial charge in [0.05, 0.1) is 18.2 Å². The van der Waals surface area contributed by atoms with Gasteiger partial charge in [-0.1, -0.05) is 50.6 Å². The summed E-state index contributed by atoms with van der Waals surface area (Å²) in [7, 11) is 0. The van der Waals surface area contributed by atoms with Crippen molar-refractivity contribution in [1.29, 1.82) is 0 Å². The van der Waals surface area contributed by atoms with E-state index in [-0.39, 0.29) is 22.5 Å². The number of phenols is 1. The molecule has 4 rings (SSSR count). The number of phenolic OH excluding ortho intramolecular Hbond substituents is 1. The number of halogens is 1. The van der Waals surface area contributed by atoms with Crippen molar-refractivity contribution in [2.45, 2.75) is 39.2 Å². The first kappa shape index (κ1) is 25.3. The summed E-state index contributed by atoms with van der Waals surface area (Å²) in [5.74, 6) is -1.27. The van der Waals surface area contributed by atoms with Gasteiger partial charge in [0.1, 0.15) is 17.3 Å². The topological polar surface area (TPSA) is 87.1 Å². The van der Waals surface area contributed by atoms with Crippen LogP contribution in [-0.2, 0) is 15.0 Å². The number of benzene rings is 3. The van der Waals surface area contributed by atoms with Crippen molar-refractivity contribution in [3.8, 4) is 11.5 Å². The largest absolute Gasteiger partial charge is 0.508 e. The van der Waals surface area contributed by atoms with Crippen molar-refractivity contribution in [3.63, 3.8) is 0 Å². The summed E-state index contributed by atoms with van der Waals surface area (Å²) in [5, 5.41) is 22.0. The van der Waals surface area contributed by atoms with Crippen molar-refractivity contribution in [2.75, 3.05) is 11.5 Å². The lowest BCUT2D eigenvalue weighted by Gasteiger charge is -2.26. The highest BCUT2D eigenvalue weighted by atomic mass is 35.5. The molecule has 1 aliphatic heterocycles. The number of carbonyl (C=O) groups is 2. The Kier molecular flexibility index (Phi) is 6.83. The number of aliphatic hydroxyl groups is 1. The van der Waals surface area contributed by atoms with E-state index in [9.17, 15) is 19.8 Å². The number of rotatable bonds is 5. The fraction of sp³-hybridized carbons (Fsp3) is 0.241. The molecular weight excluding hydrogens is 478 g/mol. The molecule has 3 aromatic carbocycles. The summed E-state index contributed by atoms with van der Waals surface area (Å²) >= 11 is 6.19. The second kappa shape index (κ2) is 9.70. The highest BCUT2D eigenvalue weighted by Crippen LogP contribution is 2.44. The Bertz CT molecular complexity index is 1370. The molecule has 186 valence electrons. The molecule has 36 heavy (non-hydrogen) atoms. The number of hydrogen-bond donors (Lipinski definition) is 2. The van der Waals surface area contributed by atoms with Gasteiger partial charge < -0.3 is 14.9 Å². The summed E-state index contributed by atoms with van der Waals surface area (Å²) in [4.78, 5) is 28.0. The number of ketones is 1. The molecule has 1 aliphatic rings. The van der Waals surface area contributed by atoms with E-state index >= 15 is 0 Å². The third-order valence-electron chi connectivity index (χ3n) is 6.08. The Balaban J connectivity index is 1.96. The Hall–Kier alpha value is -3.77. The molecule has 1 saturated heterocycles. The van der Waals surface area contributed by atoms with Crippen molar-refractivity contribution in [1.82, 2.24) is 0 Å². The number of Topliss-reactive ketones (excluding diaryl/α,β-unsaturated/α-hetero) is 1. The number of carbonyl (C=O) groups excluding carboxylic acids is 2. The number of aromatic hydroxyl groups is 1. The van der Waals surface area contributed by atoms with Gasteiger partial charge in [0, 0.05) is 21.8 Å². The molecule has 0 aliphatic carbocycles. The molecular formula is C29H28ClNO5. The van der Waals surface area contributed by atoms with Crippen LogP contribution in [-0.4, -0.2) is 28.5 Å². The number of hydrogen-bond acceptors (Lipinski definition) is 5. The predicted octanol–water partition coefficient (Wildman–Crippen LogP) is 6.37. The molecule has 0 spiro atoms. The zero-order chi connectivity index (χ0) is 26.2. The molecule has 0 aromatic heterocycles. The van der Waals surface area contributed by atoms with E-state index in [2.05, 4.69) is 0 Å². The summed E-state index contributed by atoms with van der Waals surface area (Å²) in [6, 6.07) is 17.1. The maximum absolute atomic E-state index is 13.4. The lowest BCUT2D eigenvalue weighted by Crippen LogP contribution is -2.29. The van der Waals surface area contributed by atoms with Gasteiger partial charge in [-0.25, -0.2) is 0 Å². The van der Waals surface area contributed by atoms with Gasteiger partial charge in [-0.05, 0) is 66.4 Å². The third-order valence-corrected chi connectivity index (χ3v) is 6.31. The van der Waals surface area contributed by atoms with Gasteiger partial charge >= 0.3 is 0 Å². The average molecular weight is 506 g/mol. The molecule has 2 N–H and O–H groups in total. The molecule has 1 heterocycles. The summed E-state index contributed by atoms with van der Waals surface area (Å²) in [6.45, 7) is 8.46. The number of amides is 1. The van der Waals surface area contributed by atoms with Crippen LogP contribution < -0.4 is 9.64 Å². The van der Waals surface area contributed by atoms with Crippen LogP contribution in [0.4, 0.5) is 5.69 Å². The Labute approximate surface area is 215 Å². The maximum atomic E-state index is 13.4. The first-order valence-corrected chi connectivity index (χ1v) is 12.0. The fourth-order valence-electron chi connectivity index (χ4n) is 4.44. The van der Waals surface area contributed by atoms with Crippen molar-refractivity contribution < 1.29 is 24.5 Å². The molecule has 0 saturated carbocycles. The first-order chi connectivity index (χ1) is 17.0. The van der Waals surface area contributed by atoms with E-state index in [4.69, 9.17) is 16.3 Å². The second-order valence-corrected chi connectivity index (χ2v) is 10.1. The molecule has 1 fully saturated rings. The van der Waals surface area contributed by atoms with Gasteiger partial charge in [0.15, 0.2) is 0 Å². The van der Waals surface area contributed by atoms with Crippen LogP contribution in [0.15, 0.2) is 72.3 Å². The molecule has 1 unspecified atom stereocenters. The molecule has 7 heteroatoms. The number of aliphatic hydroxyl groups excluding tert-OH is 1. The zero-order valence-electron chi connectivity index (χ0n) is 20.6. The standard InChI is InChI=1S/C29H28ClNO5/c1-5-36-23-13-12-18(15-22(23)29(2,3)4)26(33)24-25(17-8-6-11-21(32)14-17)31(28(35)27(24)34)20-10-7-9-19(30)16-20/h6-16,25,32-33H,5H2,1-4H3/b26-24-. The fourth-order valence-corrected chi connectivity index (χ4v) is 4.62. The Morgan fingerprint density at radius 1 is 1.03 bits per heavy atom. The zero-order valence-corrected chi connectivity index (χ0v) is 21.3. The molecule has 1 amide bonds. The molecule has 3 aromatic rings. The van der Waals surface area contributed by atoms with Gasteiger partial charge in [0.25, 0.3) is 11.7 Å². The first-order valence-electron chi connectivity index (χ1n) is 11.7. The normalized spacial score (nSPS) is 17.5. The van der Waals surface area contributed by atoms with Crippen LogP contribution in [0, 0.1) is 0 Å². The van der Waals surface area contributed by atoms with Gasteiger partial charge in [0.2, 0.25) is 0 Å². The van der Waals surface area contributed by atoms with Crippen LogP contribution in [0.3, 0.4) is 0 Å². The minimum atomic E-state index is -0.972. The minimum absolute atomic E-state index is 0.0275. The van der Waals surface area contributed by atoms with Crippen LogP contribution in [0.1, 0.15) is 50.4 Å².